The molecule has 2 heterocycles. The number of benzene rings is 1. The predicted molar refractivity (Wildman–Crippen MR) is 126 cm³/mol. The van der Waals surface area contributed by atoms with Crippen LogP contribution in [0, 0.1) is 0 Å². The minimum absolute atomic E-state index is 0.0385. The van der Waals surface area contributed by atoms with E-state index in [2.05, 4.69) is 22.5 Å². The highest BCUT2D eigenvalue weighted by Gasteiger charge is 2.22. The van der Waals surface area contributed by atoms with Gasteiger partial charge in [-0.05, 0) is 36.3 Å². The molecule has 4 rings (SSSR count). The first kappa shape index (κ1) is 21.7. The topological polar surface area (TPSA) is 92.1 Å². The first-order valence-corrected chi connectivity index (χ1v) is 11.6. The van der Waals surface area contributed by atoms with Crippen molar-refractivity contribution in [2.45, 2.75) is 64.5 Å². The molecule has 3 N–H and O–H groups in total. The fourth-order valence-corrected chi connectivity index (χ4v) is 4.54. The van der Waals surface area contributed by atoms with Gasteiger partial charge < -0.3 is 15.7 Å². The molecule has 0 aliphatic heterocycles. The lowest BCUT2D eigenvalue weighted by molar-refractivity contribution is 0.292. The van der Waals surface area contributed by atoms with E-state index in [4.69, 9.17) is 10.1 Å². The average Bonchev–Trinajstić information content (AvgIpc) is 2.80. The van der Waals surface area contributed by atoms with Gasteiger partial charge in [0.15, 0.2) is 0 Å². The Labute approximate surface area is 182 Å². The van der Waals surface area contributed by atoms with E-state index in [-0.39, 0.29) is 18.2 Å². The number of pyridine rings is 1. The Balaban J connectivity index is 1.84. The van der Waals surface area contributed by atoms with Crippen LogP contribution in [0.4, 0.5) is 5.95 Å². The van der Waals surface area contributed by atoms with Gasteiger partial charge in [-0.1, -0.05) is 44.7 Å². The highest BCUT2D eigenvalue weighted by Crippen LogP contribution is 2.31. The zero-order valence-corrected chi connectivity index (χ0v) is 18.4. The number of fused-ring (bicyclic) bond motifs is 3. The molecule has 7 heteroatoms. The maximum absolute atomic E-state index is 13.7. The molecule has 1 aliphatic rings. The van der Waals surface area contributed by atoms with E-state index in [1.165, 1.54) is 6.42 Å². The number of hydrogen-bond donors (Lipinski definition) is 3. The predicted octanol–water partition coefficient (Wildman–Crippen LogP) is 3.74. The highest BCUT2D eigenvalue weighted by atomic mass is 16.3. The van der Waals surface area contributed by atoms with Gasteiger partial charge in [0.05, 0.1) is 6.61 Å². The third kappa shape index (κ3) is 4.72. The maximum atomic E-state index is 13.7. The van der Waals surface area contributed by atoms with Gasteiger partial charge >= 0.3 is 0 Å². The summed E-state index contributed by atoms with van der Waals surface area (Å²) in [6.45, 7) is 4.23. The third-order valence-electron chi connectivity index (χ3n) is 6.19. The molecule has 3 aromatic rings. The summed E-state index contributed by atoms with van der Waals surface area (Å²) in [6.07, 6.45) is 9.58. The van der Waals surface area contributed by atoms with E-state index in [9.17, 15) is 4.79 Å². The Morgan fingerprint density at radius 3 is 2.74 bits per heavy atom. The molecule has 1 aromatic carbocycles. The quantitative estimate of drug-likeness (QED) is 0.359. The second-order valence-corrected chi connectivity index (χ2v) is 8.46. The Kier molecular flexibility index (Phi) is 7.14. The van der Waals surface area contributed by atoms with Crippen molar-refractivity contribution >= 4 is 27.8 Å². The summed E-state index contributed by atoms with van der Waals surface area (Å²) >= 11 is 0. The second kappa shape index (κ2) is 10.2. The molecule has 0 radical (unpaired) electrons. The molecule has 31 heavy (non-hydrogen) atoms. The molecule has 7 nitrogen and oxygen atoms in total. The molecule has 1 fully saturated rings. The summed E-state index contributed by atoms with van der Waals surface area (Å²) in [5.41, 5.74) is 1.81. The van der Waals surface area contributed by atoms with Gasteiger partial charge in [-0.3, -0.25) is 9.36 Å². The molecule has 0 saturated heterocycles. The van der Waals surface area contributed by atoms with Crippen LogP contribution in [0.15, 0.2) is 29.2 Å². The summed E-state index contributed by atoms with van der Waals surface area (Å²) in [5, 5.41) is 18.1. The first-order chi connectivity index (χ1) is 15.2. The Morgan fingerprint density at radius 2 is 1.97 bits per heavy atom. The SMILES string of the molecule is CCCCNc1ncc2c3ccc(CNCCO)cc3c(=O)n(C3CCCCC3)c2n1. The highest BCUT2D eigenvalue weighted by molar-refractivity contribution is 6.04. The van der Waals surface area contributed by atoms with Crippen molar-refractivity contribution in [2.75, 3.05) is 25.0 Å². The van der Waals surface area contributed by atoms with Crippen LogP contribution in [0.25, 0.3) is 21.8 Å². The van der Waals surface area contributed by atoms with E-state index in [1.807, 2.05) is 29.0 Å². The van der Waals surface area contributed by atoms with Crippen LogP contribution in [0.1, 0.15) is 63.5 Å². The van der Waals surface area contributed by atoms with Gasteiger partial charge in [-0.2, -0.15) is 4.98 Å². The number of aromatic nitrogens is 3. The van der Waals surface area contributed by atoms with E-state index in [0.29, 0.717) is 19.0 Å². The van der Waals surface area contributed by atoms with Crippen molar-refractivity contribution in [1.82, 2.24) is 19.9 Å². The van der Waals surface area contributed by atoms with Crippen LogP contribution < -0.4 is 16.2 Å². The third-order valence-corrected chi connectivity index (χ3v) is 6.19. The summed E-state index contributed by atoms with van der Waals surface area (Å²) in [5.74, 6) is 0.592. The minimum Gasteiger partial charge on any atom is -0.395 e. The first-order valence-electron chi connectivity index (χ1n) is 11.6. The Morgan fingerprint density at radius 1 is 1.13 bits per heavy atom. The maximum Gasteiger partial charge on any atom is 0.260 e. The smallest absolute Gasteiger partial charge is 0.260 e. The van der Waals surface area contributed by atoms with Crippen LogP contribution in [-0.2, 0) is 6.54 Å². The van der Waals surface area contributed by atoms with Crippen molar-refractivity contribution in [2.24, 2.45) is 0 Å². The monoisotopic (exact) mass is 423 g/mol. The molecule has 0 spiro atoms. The van der Waals surface area contributed by atoms with Crippen molar-refractivity contribution in [3.63, 3.8) is 0 Å². The van der Waals surface area contributed by atoms with Crippen LogP contribution >= 0.6 is 0 Å². The standard InChI is InChI=1S/C24H33N5O2/c1-2-3-11-26-24-27-16-21-19-10-9-17(15-25-12-13-30)14-20(19)23(31)29(22(21)28-24)18-7-5-4-6-8-18/h9-10,14,16,18,25,30H,2-8,11-13,15H2,1H3,(H,26,27,28). The van der Waals surface area contributed by atoms with Gasteiger partial charge in [0, 0.05) is 42.6 Å². The van der Waals surface area contributed by atoms with Crippen molar-refractivity contribution < 1.29 is 5.11 Å². The molecular formula is C24H33N5O2. The van der Waals surface area contributed by atoms with Gasteiger partial charge in [-0.25, -0.2) is 4.98 Å². The lowest BCUT2D eigenvalue weighted by Crippen LogP contribution is -2.28. The van der Waals surface area contributed by atoms with E-state index in [0.717, 1.165) is 72.4 Å². The summed E-state index contributed by atoms with van der Waals surface area (Å²) in [4.78, 5) is 23.1. The zero-order chi connectivity index (χ0) is 21.6. The summed E-state index contributed by atoms with van der Waals surface area (Å²) in [7, 11) is 0. The second-order valence-electron chi connectivity index (χ2n) is 8.46. The Bertz CT molecular complexity index is 1090. The zero-order valence-electron chi connectivity index (χ0n) is 18.4. The minimum atomic E-state index is 0.0385. The average molecular weight is 424 g/mol. The van der Waals surface area contributed by atoms with Gasteiger partial charge in [0.25, 0.3) is 5.56 Å². The number of unbranched alkanes of at least 4 members (excludes halogenated alkanes) is 1. The number of nitrogens with one attached hydrogen (secondary N) is 2. The number of anilines is 1. The fourth-order valence-electron chi connectivity index (χ4n) is 4.54. The molecule has 0 amide bonds. The molecule has 166 valence electrons. The molecule has 1 saturated carbocycles. The molecule has 1 aliphatic carbocycles. The van der Waals surface area contributed by atoms with Crippen LogP contribution in [0.3, 0.4) is 0 Å². The van der Waals surface area contributed by atoms with Crippen molar-refractivity contribution in [3.05, 3.63) is 40.3 Å². The number of aliphatic hydroxyl groups is 1. The molecule has 0 bridgehead atoms. The Hall–Kier alpha value is -2.51. The molecular weight excluding hydrogens is 390 g/mol. The largest absolute Gasteiger partial charge is 0.395 e. The summed E-state index contributed by atoms with van der Waals surface area (Å²) in [6, 6.07) is 6.20. The van der Waals surface area contributed by atoms with Gasteiger partial charge in [0.2, 0.25) is 5.95 Å². The molecule has 0 unspecified atom stereocenters. The van der Waals surface area contributed by atoms with Crippen molar-refractivity contribution in [1.29, 1.82) is 0 Å². The van der Waals surface area contributed by atoms with Gasteiger partial charge in [-0.15, -0.1) is 0 Å². The summed E-state index contributed by atoms with van der Waals surface area (Å²) < 4.78 is 1.94. The number of nitrogens with zero attached hydrogens (tertiary/aromatic N) is 3. The van der Waals surface area contributed by atoms with E-state index < -0.39 is 0 Å². The van der Waals surface area contributed by atoms with E-state index in [1.54, 1.807) is 0 Å². The van der Waals surface area contributed by atoms with Gasteiger partial charge in [0.1, 0.15) is 5.65 Å². The number of aliphatic hydroxyl groups excluding tert-OH is 1. The van der Waals surface area contributed by atoms with E-state index >= 15 is 0 Å². The van der Waals surface area contributed by atoms with Crippen LogP contribution in [-0.4, -0.2) is 39.3 Å². The lowest BCUT2D eigenvalue weighted by atomic mass is 9.94. The molecule has 2 aromatic heterocycles. The fraction of sp³-hybridized carbons (Fsp3) is 0.542. The van der Waals surface area contributed by atoms with Crippen molar-refractivity contribution in [3.8, 4) is 0 Å². The number of rotatable bonds is 9. The molecule has 0 atom stereocenters. The normalized spacial score (nSPS) is 15.0. The van der Waals surface area contributed by atoms with Crippen LogP contribution in [0.2, 0.25) is 0 Å². The lowest BCUT2D eigenvalue weighted by Gasteiger charge is -2.26. The number of hydrogen-bond acceptors (Lipinski definition) is 6. The van der Waals surface area contributed by atoms with Crippen LogP contribution in [0.5, 0.6) is 0 Å².